The number of H-pyrrole nitrogens is 1. The monoisotopic (exact) mass is 322 g/mol. The van der Waals surface area contributed by atoms with Crippen LogP contribution in [0.2, 0.25) is 0 Å². The van der Waals surface area contributed by atoms with Crippen molar-refractivity contribution in [2.75, 3.05) is 17.3 Å². The molecule has 0 atom stereocenters. The molecule has 0 radical (unpaired) electrons. The van der Waals surface area contributed by atoms with E-state index in [2.05, 4.69) is 43.4 Å². The first-order chi connectivity index (χ1) is 10.2. The molecule has 0 aliphatic carbocycles. The van der Waals surface area contributed by atoms with E-state index in [1.807, 2.05) is 0 Å². The molecule has 0 amide bonds. The number of hydrogen-bond donors (Lipinski definition) is 2. The molecule has 0 unspecified atom stereocenters. The fourth-order valence-electron chi connectivity index (χ4n) is 2.85. The summed E-state index contributed by atoms with van der Waals surface area (Å²) < 4.78 is 0. The summed E-state index contributed by atoms with van der Waals surface area (Å²) >= 11 is 0. The standard InChI is InChI=1S/C13H15N8.K/c1-8-10-6-20(4-2-3-11(10)19-18-8)12-9-5-17-21(14)13(9)16-7-15-12;/h5H,2-4,6,14H2,1H3,(H,18,19);/q-1;+1. The summed E-state index contributed by atoms with van der Waals surface area (Å²) in [5.74, 6) is 6.58. The normalized spacial score (nSPS) is 14.5. The van der Waals surface area contributed by atoms with Gasteiger partial charge in [-0.1, -0.05) is 0 Å². The maximum absolute atomic E-state index is 5.75. The van der Waals surface area contributed by atoms with Gasteiger partial charge in [-0.3, -0.25) is 5.10 Å². The second kappa shape index (κ2) is 6.24. The number of aromatic amines is 1. The van der Waals surface area contributed by atoms with Crippen LogP contribution in [-0.4, -0.2) is 36.6 Å². The molecular weight excluding hydrogens is 307 g/mol. The van der Waals surface area contributed by atoms with Gasteiger partial charge in [0.05, 0.1) is 11.3 Å². The van der Waals surface area contributed by atoms with Crippen molar-refractivity contribution in [1.82, 2.24) is 30.1 Å². The molecule has 9 heteroatoms. The largest absolute Gasteiger partial charge is 1.00 e. The summed E-state index contributed by atoms with van der Waals surface area (Å²) in [6.45, 7) is 3.73. The minimum atomic E-state index is 0. The Hall–Kier alpha value is -1.00. The molecule has 108 valence electrons. The quantitative estimate of drug-likeness (QED) is 0.288. The van der Waals surface area contributed by atoms with Gasteiger partial charge in [-0.15, -0.1) is 0 Å². The van der Waals surface area contributed by atoms with Crippen molar-refractivity contribution < 1.29 is 51.4 Å². The first kappa shape index (κ1) is 15.9. The van der Waals surface area contributed by atoms with E-state index >= 15 is 0 Å². The summed E-state index contributed by atoms with van der Waals surface area (Å²) in [6, 6.07) is 0. The second-order valence-electron chi connectivity index (χ2n) is 5.27. The molecule has 3 aromatic heterocycles. The van der Waals surface area contributed by atoms with Gasteiger partial charge in [0.15, 0.2) is 0 Å². The van der Waals surface area contributed by atoms with E-state index in [-0.39, 0.29) is 51.4 Å². The van der Waals surface area contributed by atoms with E-state index in [0.29, 0.717) is 5.65 Å². The minimum absolute atomic E-state index is 0. The van der Waals surface area contributed by atoms with Crippen LogP contribution in [0.4, 0.5) is 5.82 Å². The molecule has 0 spiro atoms. The van der Waals surface area contributed by atoms with Crippen LogP contribution < -0.4 is 62.1 Å². The number of anilines is 1. The fraction of sp³-hybridized carbons (Fsp3) is 0.385. The molecule has 0 saturated carbocycles. The zero-order valence-electron chi connectivity index (χ0n) is 12.7. The van der Waals surface area contributed by atoms with Gasteiger partial charge >= 0.3 is 51.4 Å². The van der Waals surface area contributed by atoms with Gasteiger partial charge in [0.1, 0.15) is 0 Å². The van der Waals surface area contributed by atoms with E-state index in [9.17, 15) is 0 Å². The number of rotatable bonds is 1. The number of nitrogens with one attached hydrogen (secondary N) is 1. The number of aryl methyl sites for hydroxylation is 2. The third kappa shape index (κ3) is 2.56. The summed E-state index contributed by atoms with van der Waals surface area (Å²) in [6.07, 6.45) is 6.38. The van der Waals surface area contributed by atoms with Gasteiger partial charge in [-0.05, 0) is 25.2 Å². The first-order valence-electron chi connectivity index (χ1n) is 6.88. The van der Waals surface area contributed by atoms with Crippen molar-refractivity contribution in [1.29, 1.82) is 0 Å². The van der Waals surface area contributed by atoms with Crippen LogP contribution in [0.3, 0.4) is 0 Å². The average molecular weight is 322 g/mol. The average Bonchev–Trinajstić information content (AvgIpc) is 2.95. The van der Waals surface area contributed by atoms with Crippen LogP contribution in [0.5, 0.6) is 0 Å². The summed E-state index contributed by atoms with van der Waals surface area (Å²) in [5, 5.41) is 12.3. The van der Waals surface area contributed by atoms with Crippen LogP contribution in [0, 0.1) is 13.3 Å². The van der Waals surface area contributed by atoms with Crippen LogP contribution >= 0.6 is 0 Å². The van der Waals surface area contributed by atoms with Crippen LogP contribution in [0.1, 0.15) is 23.4 Å². The molecule has 0 aromatic carbocycles. The molecule has 4 rings (SSSR count). The van der Waals surface area contributed by atoms with Crippen molar-refractivity contribution in [3.63, 3.8) is 0 Å². The number of nitrogens with zero attached hydrogens (tertiary/aromatic N) is 6. The summed E-state index contributed by atoms with van der Waals surface area (Å²) in [5.41, 5.74) is 4.10. The maximum atomic E-state index is 5.75. The van der Waals surface area contributed by atoms with Crippen molar-refractivity contribution >= 4 is 16.9 Å². The Balaban J connectivity index is 0.00000144. The van der Waals surface area contributed by atoms with Crippen LogP contribution in [0.15, 0.2) is 6.20 Å². The molecule has 8 nitrogen and oxygen atoms in total. The van der Waals surface area contributed by atoms with E-state index in [1.54, 1.807) is 6.20 Å². The zero-order chi connectivity index (χ0) is 14.4. The van der Waals surface area contributed by atoms with E-state index in [4.69, 9.17) is 5.84 Å². The maximum Gasteiger partial charge on any atom is 1.00 e. The van der Waals surface area contributed by atoms with E-state index in [1.165, 1.54) is 10.4 Å². The zero-order valence-corrected chi connectivity index (χ0v) is 15.8. The van der Waals surface area contributed by atoms with Crippen molar-refractivity contribution in [3.8, 4) is 0 Å². The Kier molecular flexibility index (Phi) is 4.51. The van der Waals surface area contributed by atoms with Gasteiger partial charge in [-0.25, -0.2) is 4.79 Å². The SMILES string of the molecule is Cc1[nH]nc2c1CN(c1n[c-]nc3c1cnn3N)CCC2.[K+]. The Morgan fingerprint density at radius 2 is 2.23 bits per heavy atom. The third-order valence-electron chi connectivity index (χ3n) is 3.97. The number of aromatic nitrogens is 6. The molecule has 3 aromatic rings. The van der Waals surface area contributed by atoms with Gasteiger partial charge in [-0.2, -0.15) is 10.2 Å². The second-order valence-corrected chi connectivity index (χ2v) is 5.27. The van der Waals surface area contributed by atoms with Crippen molar-refractivity contribution in [3.05, 3.63) is 29.5 Å². The third-order valence-corrected chi connectivity index (χ3v) is 3.97. The topological polar surface area (TPSA) is 102 Å². The van der Waals surface area contributed by atoms with Crippen molar-refractivity contribution in [2.24, 2.45) is 0 Å². The molecule has 4 heterocycles. The smallest absolute Gasteiger partial charge is 0.404 e. The van der Waals surface area contributed by atoms with Crippen LogP contribution in [-0.2, 0) is 13.0 Å². The van der Waals surface area contributed by atoms with Gasteiger partial charge in [0.2, 0.25) is 0 Å². The molecule has 22 heavy (non-hydrogen) atoms. The number of nitrogen functional groups attached to an aromatic ring is 1. The van der Waals surface area contributed by atoms with E-state index in [0.717, 1.165) is 48.5 Å². The van der Waals surface area contributed by atoms with Gasteiger partial charge in [0, 0.05) is 42.7 Å². The molecule has 0 saturated heterocycles. The fourth-order valence-corrected chi connectivity index (χ4v) is 2.85. The Labute approximate surface area is 169 Å². The van der Waals surface area contributed by atoms with Gasteiger partial charge in [0.25, 0.3) is 0 Å². The molecule has 0 bridgehead atoms. The molecule has 0 fully saturated rings. The summed E-state index contributed by atoms with van der Waals surface area (Å²) in [7, 11) is 0. The molecule has 1 aliphatic rings. The first-order valence-corrected chi connectivity index (χ1v) is 6.88. The minimum Gasteiger partial charge on any atom is -0.404 e. The molecule has 3 N–H and O–H groups in total. The number of fused-ring (bicyclic) bond motifs is 2. The van der Waals surface area contributed by atoms with Crippen molar-refractivity contribution in [2.45, 2.75) is 26.3 Å². The van der Waals surface area contributed by atoms with E-state index < -0.39 is 0 Å². The predicted molar refractivity (Wildman–Crippen MR) is 77.0 cm³/mol. The Bertz CT molecular complexity index is 808. The predicted octanol–water partition coefficient (Wildman–Crippen LogP) is -2.67. The summed E-state index contributed by atoms with van der Waals surface area (Å²) in [4.78, 5) is 11.9. The Morgan fingerprint density at radius 3 is 3.09 bits per heavy atom. The number of nitrogens with two attached hydrogens (primary N) is 1. The van der Waals surface area contributed by atoms with Gasteiger partial charge < -0.3 is 20.7 Å². The Morgan fingerprint density at radius 1 is 1.36 bits per heavy atom. The molecule has 1 aliphatic heterocycles. The van der Waals surface area contributed by atoms with Crippen LogP contribution in [0.25, 0.3) is 11.0 Å². The number of hydrogen-bond acceptors (Lipinski definition) is 6. The molecular formula is C13H15KN8.